The summed E-state index contributed by atoms with van der Waals surface area (Å²) in [5.41, 5.74) is 1.11. The number of carbonyl (C=O) groups excluding carboxylic acids is 1. The van der Waals surface area contributed by atoms with E-state index in [0.29, 0.717) is 33.5 Å². The van der Waals surface area contributed by atoms with Crippen LogP contribution in [-0.4, -0.2) is 40.8 Å². The van der Waals surface area contributed by atoms with Crippen molar-refractivity contribution in [3.8, 4) is 17.2 Å². The number of thiazole rings is 1. The fourth-order valence-corrected chi connectivity index (χ4v) is 5.17. The second-order valence-electron chi connectivity index (χ2n) is 8.27. The molecule has 0 bridgehead atoms. The summed E-state index contributed by atoms with van der Waals surface area (Å²) in [6.07, 6.45) is -4.88. The van der Waals surface area contributed by atoms with E-state index in [2.05, 4.69) is 20.7 Å². The van der Waals surface area contributed by atoms with Gasteiger partial charge in [0.15, 0.2) is 28.4 Å². The van der Waals surface area contributed by atoms with Crippen molar-refractivity contribution >= 4 is 38.4 Å². The minimum atomic E-state index is -4.57. The normalized spacial score (nSPS) is 18.6. The maximum absolute atomic E-state index is 14.0. The Morgan fingerprint density at radius 1 is 1.19 bits per heavy atom. The predicted octanol–water partition coefficient (Wildman–Crippen LogP) is 5.14. The average molecular weight is 517 g/mol. The largest absolute Gasteiger partial charge is 0.497 e. The number of hydrogen-bond acceptors (Lipinski definition) is 8. The SMILES string of the molecule is COc1ccc2nc(NC(=O)c3cc4n(n3)[C@H](C(F)(F)F)C[C@H](c3ccc5c(c3)OCO5)N4)sc2c1. The van der Waals surface area contributed by atoms with Crippen LogP contribution in [0.1, 0.15) is 34.6 Å². The van der Waals surface area contributed by atoms with Gasteiger partial charge >= 0.3 is 6.18 Å². The molecule has 6 rings (SSSR count). The van der Waals surface area contributed by atoms with E-state index in [1.807, 2.05) is 0 Å². The van der Waals surface area contributed by atoms with Crippen LogP contribution >= 0.6 is 11.3 Å². The molecule has 2 atom stereocenters. The molecule has 1 amide bonds. The second kappa shape index (κ2) is 8.29. The second-order valence-corrected chi connectivity index (χ2v) is 9.30. The number of alkyl halides is 3. The smallest absolute Gasteiger partial charge is 0.410 e. The number of nitrogens with one attached hydrogen (secondary N) is 2. The maximum atomic E-state index is 14.0. The molecule has 186 valence electrons. The summed E-state index contributed by atoms with van der Waals surface area (Å²) in [4.78, 5) is 17.2. The molecule has 2 N–H and O–H groups in total. The van der Waals surface area contributed by atoms with Gasteiger partial charge in [-0.15, -0.1) is 0 Å². The molecule has 36 heavy (non-hydrogen) atoms. The fraction of sp³-hybridized carbons (Fsp3) is 0.261. The van der Waals surface area contributed by atoms with Gasteiger partial charge in [0.1, 0.15) is 11.6 Å². The Morgan fingerprint density at radius 3 is 2.83 bits per heavy atom. The number of rotatable bonds is 4. The Bertz CT molecular complexity index is 1480. The van der Waals surface area contributed by atoms with Crippen LogP contribution in [0.3, 0.4) is 0 Å². The molecule has 0 saturated carbocycles. The number of methoxy groups -OCH3 is 1. The third-order valence-electron chi connectivity index (χ3n) is 6.04. The fourth-order valence-electron chi connectivity index (χ4n) is 4.28. The minimum Gasteiger partial charge on any atom is -0.497 e. The van der Waals surface area contributed by atoms with Crippen molar-refractivity contribution in [3.05, 3.63) is 53.7 Å². The molecule has 2 aromatic carbocycles. The van der Waals surface area contributed by atoms with Gasteiger partial charge in [0.2, 0.25) is 6.79 Å². The molecule has 0 saturated heterocycles. The highest BCUT2D eigenvalue weighted by Gasteiger charge is 2.47. The molecule has 4 aromatic rings. The molecule has 0 spiro atoms. The van der Waals surface area contributed by atoms with Crippen molar-refractivity contribution in [1.29, 1.82) is 0 Å². The topological polar surface area (TPSA) is 99.5 Å². The molecular formula is C23H18F3N5O4S. The summed E-state index contributed by atoms with van der Waals surface area (Å²) < 4.78 is 59.5. The van der Waals surface area contributed by atoms with Gasteiger partial charge in [0.05, 0.1) is 23.4 Å². The van der Waals surface area contributed by atoms with Crippen LogP contribution in [0.15, 0.2) is 42.5 Å². The van der Waals surface area contributed by atoms with Gasteiger partial charge in [0, 0.05) is 12.5 Å². The van der Waals surface area contributed by atoms with Crippen molar-refractivity contribution in [2.24, 2.45) is 0 Å². The number of halogens is 3. The highest BCUT2D eigenvalue weighted by molar-refractivity contribution is 7.22. The van der Waals surface area contributed by atoms with Gasteiger partial charge in [-0.1, -0.05) is 17.4 Å². The molecular weight excluding hydrogens is 499 g/mol. The van der Waals surface area contributed by atoms with Gasteiger partial charge in [-0.05, 0) is 35.9 Å². The average Bonchev–Trinajstić information content (AvgIpc) is 3.58. The maximum Gasteiger partial charge on any atom is 0.410 e. The number of anilines is 2. The van der Waals surface area contributed by atoms with Crippen molar-refractivity contribution in [2.75, 3.05) is 24.5 Å². The Hall–Kier alpha value is -4.00. The zero-order valence-corrected chi connectivity index (χ0v) is 19.4. The van der Waals surface area contributed by atoms with Gasteiger partial charge in [-0.25, -0.2) is 9.67 Å². The standard InChI is InChI=1S/C23H18F3N5O4S/c1-33-12-3-4-13-18(7-12)36-22(28-13)29-21(32)15-9-20-27-14(8-19(23(24,25)26)31(20)30-15)11-2-5-16-17(6-11)35-10-34-16/h2-7,9,14,19,27H,8,10H2,1H3,(H,28,29,32)/t14-,19+/m1/s1. The van der Waals surface area contributed by atoms with Crippen molar-refractivity contribution < 1.29 is 32.2 Å². The number of aromatic nitrogens is 3. The molecule has 2 aromatic heterocycles. The minimum absolute atomic E-state index is 0.0650. The van der Waals surface area contributed by atoms with Crippen LogP contribution < -0.4 is 24.8 Å². The zero-order valence-electron chi connectivity index (χ0n) is 18.6. The third-order valence-corrected chi connectivity index (χ3v) is 6.97. The number of ether oxygens (including phenoxy) is 3. The van der Waals surface area contributed by atoms with Crippen molar-refractivity contribution in [2.45, 2.75) is 24.7 Å². The lowest BCUT2D eigenvalue weighted by Gasteiger charge is -2.33. The number of nitrogens with zero attached hydrogens (tertiary/aromatic N) is 3. The van der Waals surface area contributed by atoms with Crippen LogP contribution in [0, 0.1) is 0 Å². The Labute approximate surface area is 205 Å². The molecule has 0 aliphatic carbocycles. The zero-order chi connectivity index (χ0) is 25.0. The van der Waals surface area contributed by atoms with E-state index < -0.39 is 24.2 Å². The summed E-state index contributed by atoms with van der Waals surface area (Å²) in [6.45, 7) is 0.0650. The van der Waals surface area contributed by atoms with Gasteiger partial charge in [0.25, 0.3) is 5.91 Å². The van der Waals surface area contributed by atoms with Gasteiger partial charge in [-0.2, -0.15) is 18.3 Å². The number of fused-ring (bicyclic) bond motifs is 3. The Morgan fingerprint density at radius 2 is 2.03 bits per heavy atom. The first-order chi connectivity index (χ1) is 17.3. The summed E-state index contributed by atoms with van der Waals surface area (Å²) in [6, 6.07) is 9.03. The van der Waals surface area contributed by atoms with E-state index in [1.54, 1.807) is 43.5 Å². The van der Waals surface area contributed by atoms with Crippen LogP contribution in [0.2, 0.25) is 0 Å². The number of benzene rings is 2. The Kier molecular flexibility index (Phi) is 5.18. The number of hydrogen-bond donors (Lipinski definition) is 2. The monoisotopic (exact) mass is 517 g/mol. The van der Waals surface area contributed by atoms with E-state index in [9.17, 15) is 18.0 Å². The first-order valence-corrected chi connectivity index (χ1v) is 11.7. The lowest BCUT2D eigenvalue weighted by molar-refractivity contribution is -0.173. The van der Waals surface area contributed by atoms with Crippen LogP contribution in [0.5, 0.6) is 17.2 Å². The van der Waals surface area contributed by atoms with E-state index in [-0.39, 0.29) is 24.7 Å². The van der Waals surface area contributed by atoms with Crippen molar-refractivity contribution in [1.82, 2.24) is 14.8 Å². The molecule has 2 aliphatic rings. The molecule has 9 nitrogen and oxygen atoms in total. The lowest BCUT2D eigenvalue weighted by Crippen LogP contribution is -2.35. The van der Waals surface area contributed by atoms with Crippen LogP contribution in [0.25, 0.3) is 10.2 Å². The van der Waals surface area contributed by atoms with Gasteiger partial charge in [-0.3, -0.25) is 10.1 Å². The lowest BCUT2D eigenvalue weighted by atomic mass is 9.96. The van der Waals surface area contributed by atoms with Gasteiger partial charge < -0.3 is 19.5 Å². The highest BCUT2D eigenvalue weighted by Crippen LogP contribution is 2.45. The molecule has 0 fully saturated rings. The van der Waals surface area contributed by atoms with E-state index in [0.717, 1.165) is 9.38 Å². The first-order valence-electron chi connectivity index (χ1n) is 10.9. The third kappa shape index (κ3) is 3.94. The first kappa shape index (κ1) is 22.5. The quantitative estimate of drug-likeness (QED) is 0.387. The van der Waals surface area contributed by atoms with E-state index in [1.165, 1.54) is 17.4 Å². The Balaban J connectivity index is 1.28. The molecule has 4 heterocycles. The van der Waals surface area contributed by atoms with Crippen LogP contribution in [0.4, 0.5) is 24.1 Å². The van der Waals surface area contributed by atoms with E-state index >= 15 is 0 Å². The molecule has 13 heteroatoms. The van der Waals surface area contributed by atoms with E-state index in [4.69, 9.17) is 14.2 Å². The molecule has 0 radical (unpaired) electrons. The van der Waals surface area contributed by atoms with Crippen molar-refractivity contribution in [3.63, 3.8) is 0 Å². The summed E-state index contributed by atoms with van der Waals surface area (Å²) in [5, 5.41) is 10.0. The number of carbonyl (C=O) groups is 1. The molecule has 2 aliphatic heterocycles. The summed E-state index contributed by atoms with van der Waals surface area (Å²) in [5.74, 6) is 1.09. The summed E-state index contributed by atoms with van der Waals surface area (Å²) >= 11 is 1.22. The van der Waals surface area contributed by atoms with Crippen LogP contribution in [-0.2, 0) is 0 Å². The summed E-state index contributed by atoms with van der Waals surface area (Å²) in [7, 11) is 1.55. The predicted molar refractivity (Wildman–Crippen MR) is 125 cm³/mol. The highest BCUT2D eigenvalue weighted by atomic mass is 32.1. The number of amides is 1. The molecule has 0 unspecified atom stereocenters.